The van der Waals surface area contributed by atoms with Crippen LogP contribution in [0.15, 0.2) is 58.9 Å². The third kappa shape index (κ3) is 5.47. The minimum atomic E-state index is -0.214. The second kappa shape index (κ2) is 10.3. The fourth-order valence-electron chi connectivity index (χ4n) is 2.39. The summed E-state index contributed by atoms with van der Waals surface area (Å²) in [5.41, 5.74) is 4.77. The quantitative estimate of drug-likeness (QED) is 0.206. The molecule has 0 saturated carbocycles. The van der Waals surface area contributed by atoms with Gasteiger partial charge >= 0.3 is 0 Å². The number of hydrogen-bond donors (Lipinski definition) is 3. The van der Waals surface area contributed by atoms with Gasteiger partial charge in [-0.05, 0) is 38.1 Å². The lowest BCUT2D eigenvalue weighted by Crippen LogP contribution is -2.17. The zero-order valence-electron chi connectivity index (χ0n) is 16.6. The summed E-state index contributed by atoms with van der Waals surface area (Å²) in [4.78, 5) is 16.5. The number of rotatable bonds is 9. The van der Waals surface area contributed by atoms with Crippen molar-refractivity contribution < 1.29 is 9.53 Å². The summed E-state index contributed by atoms with van der Waals surface area (Å²) in [6.07, 6.45) is 1.69. The van der Waals surface area contributed by atoms with E-state index in [4.69, 9.17) is 10.6 Å². The summed E-state index contributed by atoms with van der Waals surface area (Å²) < 4.78 is 6.75. The van der Waals surface area contributed by atoms with Crippen molar-refractivity contribution in [2.24, 2.45) is 5.10 Å². The molecule has 10 nitrogen and oxygen atoms in total. The molecule has 2 aromatic heterocycles. The molecule has 0 aliphatic heterocycles. The normalized spacial score (nSPS) is 11.2. The van der Waals surface area contributed by atoms with Gasteiger partial charge < -0.3 is 15.9 Å². The van der Waals surface area contributed by atoms with E-state index in [1.807, 2.05) is 44.2 Å². The Morgan fingerprint density at radius 3 is 2.80 bits per heavy atom. The van der Waals surface area contributed by atoms with Crippen molar-refractivity contribution in [1.82, 2.24) is 19.9 Å². The first-order valence-electron chi connectivity index (χ1n) is 9.15. The second-order valence-corrected chi connectivity index (χ2v) is 6.91. The first-order chi connectivity index (χ1) is 14.6. The molecular weight excluding hydrogens is 404 g/mol. The largest absolute Gasteiger partial charge is 0.492 e. The molecule has 11 heteroatoms. The number of hydrazone groups is 1. The van der Waals surface area contributed by atoms with Gasteiger partial charge in [0.25, 0.3) is 5.95 Å². The van der Waals surface area contributed by atoms with E-state index in [0.717, 1.165) is 17.5 Å². The molecule has 0 aliphatic carbocycles. The van der Waals surface area contributed by atoms with Gasteiger partial charge in [0.15, 0.2) is 0 Å². The maximum Gasteiger partial charge on any atom is 0.264 e. The van der Waals surface area contributed by atoms with Gasteiger partial charge in [0.2, 0.25) is 11.1 Å². The number of nitrogens with zero attached hydrogens (tertiary/aromatic N) is 5. The number of carbonyl (C=O) groups is 1. The highest BCUT2D eigenvalue weighted by Gasteiger charge is 2.13. The number of anilines is 2. The summed E-state index contributed by atoms with van der Waals surface area (Å²) in [6, 6.07) is 12.8. The van der Waals surface area contributed by atoms with Crippen LogP contribution < -0.4 is 21.3 Å². The molecule has 0 saturated heterocycles. The molecule has 0 bridgehead atoms. The number of carbonyl (C=O) groups excluding carboxylic acids is 1. The number of benzene rings is 1. The maximum absolute atomic E-state index is 12.3. The number of pyridine rings is 1. The van der Waals surface area contributed by atoms with Crippen molar-refractivity contribution in [2.45, 2.75) is 19.0 Å². The molecule has 0 radical (unpaired) electrons. The average molecular weight is 427 g/mol. The van der Waals surface area contributed by atoms with Crippen LogP contribution >= 0.6 is 11.8 Å². The van der Waals surface area contributed by atoms with E-state index in [-0.39, 0.29) is 17.6 Å². The van der Waals surface area contributed by atoms with Crippen LogP contribution in [-0.4, -0.2) is 43.8 Å². The van der Waals surface area contributed by atoms with Gasteiger partial charge in [-0.1, -0.05) is 30.0 Å². The van der Waals surface area contributed by atoms with Crippen LogP contribution in [0.4, 0.5) is 11.6 Å². The number of hydrogen-bond acceptors (Lipinski definition) is 9. The Morgan fingerprint density at radius 2 is 2.03 bits per heavy atom. The number of aromatic nitrogens is 4. The molecule has 0 fully saturated rings. The number of nitrogens with two attached hydrogens (primary N) is 1. The highest BCUT2D eigenvalue weighted by molar-refractivity contribution is 7.99. The van der Waals surface area contributed by atoms with Gasteiger partial charge in [0.05, 0.1) is 29.5 Å². The summed E-state index contributed by atoms with van der Waals surface area (Å²) in [6.45, 7) is 4.21. The van der Waals surface area contributed by atoms with Crippen molar-refractivity contribution in [3.05, 3.63) is 54.4 Å². The molecule has 0 spiro atoms. The molecule has 2 heterocycles. The topological polar surface area (TPSA) is 132 Å². The number of ether oxygens (including phenoxy) is 1. The van der Waals surface area contributed by atoms with Crippen LogP contribution in [0.5, 0.6) is 5.75 Å². The van der Waals surface area contributed by atoms with E-state index in [2.05, 4.69) is 31.0 Å². The van der Waals surface area contributed by atoms with E-state index in [9.17, 15) is 4.79 Å². The van der Waals surface area contributed by atoms with E-state index in [1.165, 1.54) is 4.68 Å². The monoisotopic (exact) mass is 426 g/mol. The molecule has 4 N–H and O–H groups in total. The van der Waals surface area contributed by atoms with Crippen LogP contribution in [0, 0.1) is 0 Å². The lowest BCUT2D eigenvalue weighted by molar-refractivity contribution is -0.113. The zero-order chi connectivity index (χ0) is 21.3. The lowest BCUT2D eigenvalue weighted by atomic mass is 10.3. The molecule has 3 aromatic rings. The first kappa shape index (κ1) is 21.1. The smallest absolute Gasteiger partial charge is 0.264 e. The Labute approximate surface area is 177 Å². The molecule has 0 aliphatic rings. The second-order valence-electron chi connectivity index (χ2n) is 5.97. The predicted octanol–water partition coefficient (Wildman–Crippen LogP) is 2.35. The molecule has 30 heavy (non-hydrogen) atoms. The Bertz CT molecular complexity index is 1020. The number of thioether (sulfide) groups is 1. The van der Waals surface area contributed by atoms with Crippen molar-refractivity contribution in [2.75, 3.05) is 28.9 Å². The summed E-state index contributed by atoms with van der Waals surface area (Å²) in [5, 5.41) is 15.4. The van der Waals surface area contributed by atoms with E-state index < -0.39 is 0 Å². The fraction of sp³-hybridized carbons (Fsp3) is 0.211. The average Bonchev–Trinajstić information content (AvgIpc) is 3.12. The number of nitrogens with one attached hydrogen (secondary N) is 2. The van der Waals surface area contributed by atoms with E-state index in [0.29, 0.717) is 28.9 Å². The Kier molecular flexibility index (Phi) is 7.22. The molecule has 1 aromatic carbocycles. The van der Waals surface area contributed by atoms with Gasteiger partial charge in [0, 0.05) is 6.20 Å². The van der Waals surface area contributed by atoms with Crippen LogP contribution in [-0.2, 0) is 4.79 Å². The molecular formula is C19H22N8O2S. The molecule has 0 atom stereocenters. The van der Waals surface area contributed by atoms with Crippen LogP contribution in [0.2, 0.25) is 0 Å². The highest BCUT2D eigenvalue weighted by Crippen LogP contribution is 2.24. The lowest BCUT2D eigenvalue weighted by Gasteiger charge is -2.10. The third-order valence-electron chi connectivity index (χ3n) is 3.82. The summed E-state index contributed by atoms with van der Waals surface area (Å²) in [7, 11) is 0. The van der Waals surface area contributed by atoms with Crippen molar-refractivity contribution >= 4 is 35.0 Å². The van der Waals surface area contributed by atoms with Gasteiger partial charge in [-0.25, -0.2) is 10.1 Å². The van der Waals surface area contributed by atoms with Gasteiger partial charge in [0.1, 0.15) is 5.75 Å². The fourth-order valence-corrected chi connectivity index (χ4v) is 3.04. The van der Waals surface area contributed by atoms with E-state index >= 15 is 0 Å². The maximum atomic E-state index is 12.3. The van der Waals surface area contributed by atoms with E-state index in [1.54, 1.807) is 18.3 Å². The van der Waals surface area contributed by atoms with Crippen molar-refractivity contribution in [1.29, 1.82) is 0 Å². The number of nitrogen functional groups attached to an aromatic ring is 1. The van der Waals surface area contributed by atoms with Gasteiger partial charge in [-0.2, -0.15) is 5.10 Å². The molecule has 0 unspecified atom stereocenters. The van der Waals surface area contributed by atoms with Crippen molar-refractivity contribution in [3.63, 3.8) is 0 Å². The minimum Gasteiger partial charge on any atom is -0.492 e. The van der Waals surface area contributed by atoms with Crippen LogP contribution in [0.1, 0.15) is 19.5 Å². The SMILES string of the molecule is CCOc1ccccc1NC(=O)CSc1nnc(N/N=C(\C)c2ccccn2)n1N. The number of amides is 1. The Hall–Kier alpha value is -3.60. The Balaban J connectivity index is 1.57. The first-order valence-corrected chi connectivity index (χ1v) is 10.1. The molecule has 1 amide bonds. The molecule has 156 valence electrons. The predicted molar refractivity (Wildman–Crippen MR) is 117 cm³/mol. The highest BCUT2D eigenvalue weighted by atomic mass is 32.2. The summed E-state index contributed by atoms with van der Waals surface area (Å²) in [5.74, 6) is 6.76. The van der Waals surface area contributed by atoms with Gasteiger partial charge in [-0.3, -0.25) is 9.78 Å². The molecule has 3 rings (SSSR count). The van der Waals surface area contributed by atoms with Crippen molar-refractivity contribution in [3.8, 4) is 5.75 Å². The standard InChI is InChI=1S/C19H22N8O2S/c1-3-29-16-10-5-4-9-15(16)22-17(28)12-30-19-26-25-18(27(19)20)24-23-13(2)14-8-6-7-11-21-14/h4-11H,3,12,20H2,1-2H3,(H,22,28)(H,24,25)/b23-13+. The van der Waals surface area contributed by atoms with Crippen LogP contribution in [0.25, 0.3) is 0 Å². The van der Waals surface area contributed by atoms with Crippen LogP contribution in [0.3, 0.4) is 0 Å². The Morgan fingerprint density at radius 1 is 1.23 bits per heavy atom. The zero-order valence-corrected chi connectivity index (χ0v) is 17.4. The van der Waals surface area contributed by atoms with Gasteiger partial charge in [-0.15, -0.1) is 10.2 Å². The third-order valence-corrected chi connectivity index (χ3v) is 4.76. The number of para-hydroxylation sites is 2. The summed E-state index contributed by atoms with van der Waals surface area (Å²) >= 11 is 1.16. The minimum absolute atomic E-state index is 0.103.